The first-order chi connectivity index (χ1) is 8.97. The molecule has 0 saturated carbocycles. The summed E-state index contributed by atoms with van der Waals surface area (Å²) in [6.45, 7) is 11.0. The quantitative estimate of drug-likeness (QED) is 0.794. The molecule has 0 fully saturated rings. The number of hydrogen-bond donors (Lipinski definition) is 2. The SMILES string of the molecule is CCOc1nc(CC(C)C)nc(NC(C)CC)c1N. The average Bonchev–Trinajstić information content (AvgIpc) is 2.34. The fourth-order valence-corrected chi connectivity index (χ4v) is 1.64. The van der Waals surface area contributed by atoms with E-state index >= 15 is 0 Å². The molecule has 0 saturated heterocycles. The van der Waals surface area contributed by atoms with Crippen LogP contribution in [0.3, 0.4) is 0 Å². The third-order valence-corrected chi connectivity index (χ3v) is 2.82. The van der Waals surface area contributed by atoms with Gasteiger partial charge in [0, 0.05) is 12.5 Å². The number of anilines is 2. The van der Waals surface area contributed by atoms with Gasteiger partial charge in [0.25, 0.3) is 0 Å². The van der Waals surface area contributed by atoms with Crippen molar-refractivity contribution >= 4 is 11.5 Å². The summed E-state index contributed by atoms with van der Waals surface area (Å²) in [5, 5.41) is 3.32. The normalized spacial score (nSPS) is 12.5. The predicted octanol–water partition coefficient (Wildman–Crippen LogP) is 2.87. The fourth-order valence-electron chi connectivity index (χ4n) is 1.64. The second kappa shape index (κ2) is 7.16. The molecule has 0 aliphatic heterocycles. The Bertz CT molecular complexity index is 407. The lowest BCUT2D eigenvalue weighted by Crippen LogP contribution is -2.18. The molecule has 0 spiro atoms. The van der Waals surface area contributed by atoms with Crippen LogP contribution in [0.25, 0.3) is 0 Å². The van der Waals surface area contributed by atoms with Crippen molar-refractivity contribution in [3.63, 3.8) is 0 Å². The third-order valence-electron chi connectivity index (χ3n) is 2.82. The molecule has 0 aromatic carbocycles. The Hall–Kier alpha value is -1.52. The summed E-state index contributed by atoms with van der Waals surface area (Å²) in [5.41, 5.74) is 6.55. The van der Waals surface area contributed by atoms with Gasteiger partial charge in [0.2, 0.25) is 5.88 Å². The molecule has 19 heavy (non-hydrogen) atoms. The molecule has 5 nitrogen and oxygen atoms in total. The van der Waals surface area contributed by atoms with Gasteiger partial charge in [0.15, 0.2) is 5.82 Å². The molecular formula is C14H26N4O. The number of ether oxygens (including phenoxy) is 1. The van der Waals surface area contributed by atoms with Crippen molar-refractivity contribution in [3.05, 3.63) is 5.82 Å². The Morgan fingerprint density at radius 3 is 2.42 bits per heavy atom. The number of nitrogens with two attached hydrogens (primary N) is 1. The van der Waals surface area contributed by atoms with E-state index in [4.69, 9.17) is 10.5 Å². The van der Waals surface area contributed by atoms with Crippen molar-refractivity contribution in [1.29, 1.82) is 0 Å². The molecule has 1 heterocycles. The first-order valence-electron chi connectivity index (χ1n) is 7.03. The summed E-state index contributed by atoms with van der Waals surface area (Å²) < 4.78 is 5.50. The molecule has 1 atom stereocenters. The predicted molar refractivity (Wildman–Crippen MR) is 79.5 cm³/mol. The van der Waals surface area contributed by atoms with Crippen LogP contribution in [0.4, 0.5) is 11.5 Å². The van der Waals surface area contributed by atoms with Crippen molar-refractivity contribution in [2.75, 3.05) is 17.7 Å². The summed E-state index contributed by atoms with van der Waals surface area (Å²) in [5.74, 6) is 2.44. The number of nitrogens with one attached hydrogen (secondary N) is 1. The van der Waals surface area contributed by atoms with Crippen LogP contribution in [-0.2, 0) is 6.42 Å². The topological polar surface area (TPSA) is 73.1 Å². The van der Waals surface area contributed by atoms with Crippen LogP contribution in [-0.4, -0.2) is 22.6 Å². The Morgan fingerprint density at radius 1 is 1.21 bits per heavy atom. The summed E-state index contributed by atoms with van der Waals surface area (Å²) in [4.78, 5) is 8.91. The Morgan fingerprint density at radius 2 is 1.89 bits per heavy atom. The van der Waals surface area contributed by atoms with Gasteiger partial charge in [-0.3, -0.25) is 0 Å². The standard InChI is InChI=1S/C14H26N4O/c1-6-10(5)16-13-12(15)14(19-7-2)18-11(17-13)8-9(3)4/h9-10H,6-8,15H2,1-5H3,(H,16,17,18). The largest absolute Gasteiger partial charge is 0.476 e. The zero-order valence-electron chi connectivity index (χ0n) is 12.7. The first-order valence-corrected chi connectivity index (χ1v) is 7.03. The molecule has 5 heteroatoms. The smallest absolute Gasteiger partial charge is 0.242 e. The maximum atomic E-state index is 6.06. The summed E-state index contributed by atoms with van der Waals surface area (Å²) in [6, 6.07) is 0.318. The van der Waals surface area contributed by atoms with E-state index in [0.29, 0.717) is 36.0 Å². The summed E-state index contributed by atoms with van der Waals surface area (Å²) >= 11 is 0. The van der Waals surface area contributed by atoms with Crippen LogP contribution in [0.5, 0.6) is 5.88 Å². The molecule has 0 amide bonds. The second-order valence-corrected chi connectivity index (χ2v) is 5.19. The Balaban J connectivity index is 3.08. The Kier molecular flexibility index (Phi) is 5.86. The minimum Gasteiger partial charge on any atom is -0.476 e. The lowest BCUT2D eigenvalue weighted by Gasteiger charge is -2.17. The minimum atomic E-state index is 0.318. The molecule has 3 N–H and O–H groups in total. The van der Waals surface area contributed by atoms with E-state index < -0.39 is 0 Å². The van der Waals surface area contributed by atoms with Gasteiger partial charge < -0.3 is 15.8 Å². The van der Waals surface area contributed by atoms with Gasteiger partial charge in [-0.2, -0.15) is 4.98 Å². The van der Waals surface area contributed by atoms with Crippen molar-refractivity contribution in [3.8, 4) is 5.88 Å². The molecule has 1 rings (SSSR count). The van der Waals surface area contributed by atoms with Crippen LogP contribution in [0.15, 0.2) is 0 Å². The molecule has 1 aromatic heterocycles. The molecule has 0 bridgehead atoms. The zero-order chi connectivity index (χ0) is 14.4. The second-order valence-electron chi connectivity index (χ2n) is 5.19. The van der Waals surface area contributed by atoms with E-state index in [-0.39, 0.29) is 0 Å². The molecule has 0 radical (unpaired) electrons. The maximum absolute atomic E-state index is 6.06. The fraction of sp³-hybridized carbons (Fsp3) is 0.714. The van der Waals surface area contributed by atoms with Gasteiger partial charge in [-0.25, -0.2) is 4.98 Å². The van der Waals surface area contributed by atoms with Crippen LogP contribution >= 0.6 is 0 Å². The van der Waals surface area contributed by atoms with E-state index in [9.17, 15) is 0 Å². The van der Waals surface area contributed by atoms with E-state index in [1.54, 1.807) is 0 Å². The lowest BCUT2D eigenvalue weighted by atomic mass is 10.1. The first kappa shape index (κ1) is 15.5. The van der Waals surface area contributed by atoms with Gasteiger partial charge in [0.1, 0.15) is 11.5 Å². The molecule has 0 aliphatic carbocycles. The summed E-state index contributed by atoms with van der Waals surface area (Å²) in [6.07, 6.45) is 1.82. The van der Waals surface area contributed by atoms with Gasteiger partial charge in [-0.15, -0.1) is 0 Å². The third kappa shape index (κ3) is 4.58. The number of nitrogens with zero attached hydrogens (tertiary/aromatic N) is 2. The van der Waals surface area contributed by atoms with E-state index in [1.807, 2.05) is 6.92 Å². The highest BCUT2D eigenvalue weighted by molar-refractivity contribution is 5.67. The highest BCUT2D eigenvalue weighted by atomic mass is 16.5. The van der Waals surface area contributed by atoms with E-state index in [2.05, 4.69) is 43.0 Å². The number of aromatic nitrogens is 2. The molecule has 1 unspecified atom stereocenters. The van der Waals surface area contributed by atoms with Gasteiger partial charge in [0.05, 0.1) is 6.61 Å². The van der Waals surface area contributed by atoms with E-state index in [0.717, 1.165) is 18.7 Å². The monoisotopic (exact) mass is 266 g/mol. The number of nitrogen functional groups attached to an aromatic ring is 1. The van der Waals surface area contributed by atoms with Crippen molar-refractivity contribution in [2.45, 2.75) is 53.5 Å². The zero-order valence-corrected chi connectivity index (χ0v) is 12.7. The minimum absolute atomic E-state index is 0.318. The number of hydrogen-bond acceptors (Lipinski definition) is 5. The summed E-state index contributed by atoms with van der Waals surface area (Å²) in [7, 11) is 0. The molecule has 0 aliphatic rings. The van der Waals surface area contributed by atoms with Gasteiger partial charge in [-0.1, -0.05) is 20.8 Å². The van der Waals surface area contributed by atoms with Gasteiger partial charge >= 0.3 is 0 Å². The van der Waals surface area contributed by atoms with Gasteiger partial charge in [-0.05, 0) is 26.2 Å². The highest BCUT2D eigenvalue weighted by Crippen LogP contribution is 2.27. The van der Waals surface area contributed by atoms with Crippen molar-refractivity contribution in [1.82, 2.24) is 9.97 Å². The van der Waals surface area contributed by atoms with E-state index in [1.165, 1.54) is 0 Å². The molecule has 108 valence electrons. The maximum Gasteiger partial charge on any atom is 0.242 e. The number of rotatable bonds is 7. The lowest BCUT2D eigenvalue weighted by molar-refractivity contribution is 0.326. The van der Waals surface area contributed by atoms with Crippen molar-refractivity contribution < 1.29 is 4.74 Å². The van der Waals surface area contributed by atoms with Crippen LogP contribution in [0, 0.1) is 5.92 Å². The van der Waals surface area contributed by atoms with Crippen LogP contribution in [0.1, 0.15) is 46.9 Å². The average molecular weight is 266 g/mol. The Labute approximate surface area is 116 Å². The van der Waals surface area contributed by atoms with Crippen LogP contribution < -0.4 is 15.8 Å². The molecule has 1 aromatic rings. The van der Waals surface area contributed by atoms with Crippen LogP contribution in [0.2, 0.25) is 0 Å². The highest BCUT2D eigenvalue weighted by Gasteiger charge is 2.14. The van der Waals surface area contributed by atoms with Crippen molar-refractivity contribution in [2.24, 2.45) is 5.92 Å². The molecular weight excluding hydrogens is 240 g/mol.